The minimum atomic E-state index is 0.357. The Labute approximate surface area is 130 Å². The molecule has 2 saturated carbocycles. The van der Waals surface area contributed by atoms with Crippen LogP contribution in [0.25, 0.3) is 0 Å². The van der Waals surface area contributed by atoms with E-state index in [-0.39, 0.29) is 0 Å². The van der Waals surface area contributed by atoms with Gasteiger partial charge in [-0.3, -0.25) is 4.90 Å². The van der Waals surface area contributed by atoms with Crippen LogP contribution in [0.1, 0.15) is 64.7 Å². The molecule has 3 rings (SSSR count). The topological polar surface area (TPSA) is 35.5 Å². The maximum Gasteiger partial charge on any atom is 0.0431 e. The van der Waals surface area contributed by atoms with E-state index in [9.17, 15) is 0 Å². The van der Waals surface area contributed by atoms with Crippen LogP contribution in [0, 0.1) is 11.8 Å². The van der Waals surface area contributed by atoms with Gasteiger partial charge in [0.05, 0.1) is 0 Å². The molecule has 122 valence electrons. The molecule has 3 fully saturated rings. The van der Waals surface area contributed by atoms with Crippen molar-refractivity contribution in [3.8, 4) is 0 Å². The third-order valence-electron chi connectivity index (χ3n) is 6.04. The lowest BCUT2D eigenvalue weighted by Crippen LogP contribution is -2.54. The number of aliphatic hydroxyl groups is 1. The van der Waals surface area contributed by atoms with Gasteiger partial charge in [-0.25, -0.2) is 0 Å². The van der Waals surface area contributed by atoms with E-state index in [1.54, 1.807) is 0 Å². The van der Waals surface area contributed by atoms with Crippen molar-refractivity contribution in [2.45, 2.75) is 82.8 Å². The fourth-order valence-electron chi connectivity index (χ4n) is 4.59. The highest BCUT2D eigenvalue weighted by Crippen LogP contribution is 2.37. The summed E-state index contributed by atoms with van der Waals surface area (Å²) in [6, 6.07) is 2.24. The average Bonchev–Trinajstić information content (AvgIpc) is 3.22. The number of piperidine rings is 1. The van der Waals surface area contributed by atoms with E-state index in [0.717, 1.165) is 30.3 Å². The van der Waals surface area contributed by atoms with Crippen LogP contribution in [0.5, 0.6) is 0 Å². The molecule has 1 heterocycles. The number of likely N-dealkylation sites (tertiary alicyclic amines) is 1. The summed E-state index contributed by atoms with van der Waals surface area (Å²) < 4.78 is 0. The first-order valence-electron chi connectivity index (χ1n) is 9.37. The van der Waals surface area contributed by atoms with Gasteiger partial charge in [-0.2, -0.15) is 0 Å². The highest BCUT2D eigenvalue weighted by atomic mass is 16.2. The third-order valence-corrected chi connectivity index (χ3v) is 6.04. The number of nitrogens with zero attached hydrogens (tertiary/aromatic N) is 1. The molecule has 21 heavy (non-hydrogen) atoms. The first kappa shape index (κ1) is 15.8. The quantitative estimate of drug-likeness (QED) is 0.758. The molecule has 0 bridgehead atoms. The van der Waals surface area contributed by atoms with Gasteiger partial charge in [0.15, 0.2) is 0 Å². The highest BCUT2D eigenvalue weighted by Gasteiger charge is 2.37. The van der Waals surface area contributed by atoms with Crippen molar-refractivity contribution in [3.05, 3.63) is 0 Å². The lowest BCUT2D eigenvalue weighted by Gasteiger charge is -2.42. The van der Waals surface area contributed by atoms with E-state index in [1.165, 1.54) is 64.5 Å². The van der Waals surface area contributed by atoms with Gasteiger partial charge in [-0.1, -0.05) is 12.8 Å². The van der Waals surface area contributed by atoms with Crippen LogP contribution < -0.4 is 5.32 Å². The van der Waals surface area contributed by atoms with Crippen LogP contribution in [0.4, 0.5) is 0 Å². The van der Waals surface area contributed by atoms with Crippen molar-refractivity contribution in [1.82, 2.24) is 10.2 Å². The summed E-state index contributed by atoms with van der Waals surface area (Å²) in [7, 11) is 0. The smallest absolute Gasteiger partial charge is 0.0431 e. The molecule has 3 heteroatoms. The Morgan fingerprint density at radius 3 is 2.52 bits per heavy atom. The zero-order valence-electron chi connectivity index (χ0n) is 13.8. The second-order valence-electron chi connectivity index (χ2n) is 7.84. The Morgan fingerprint density at radius 1 is 1.10 bits per heavy atom. The second kappa shape index (κ2) is 7.43. The van der Waals surface area contributed by atoms with Crippen molar-refractivity contribution in [1.29, 1.82) is 0 Å². The van der Waals surface area contributed by atoms with Gasteiger partial charge < -0.3 is 10.4 Å². The summed E-state index contributed by atoms with van der Waals surface area (Å²) in [5, 5.41) is 13.1. The molecule has 0 aromatic carbocycles. The highest BCUT2D eigenvalue weighted by molar-refractivity contribution is 4.93. The second-order valence-corrected chi connectivity index (χ2v) is 7.84. The van der Waals surface area contributed by atoms with E-state index in [1.807, 2.05) is 0 Å². The summed E-state index contributed by atoms with van der Waals surface area (Å²) >= 11 is 0. The predicted molar refractivity (Wildman–Crippen MR) is 87.4 cm³/mol. The Morgan fingerprint density at radius 2 is 1.86 bits per heavy atom. The van der Waals surface area contributed by atoms with Gasteiger partial charge in [0, 0.05) is 37.8 Å². The minimum Gasteiger partial charge on any atom is -0.396 e. The molecule has 0 aromatic rings. The van der Waals surface area contributed by atoms with Crippen molar-refractivity contribution in [2.24, 2.45) is 11.8 Å². The summed E-state index contributed by atoms with van der Waals surface area (Å²) in [5.74, 6) is 1.75. The molecule has 1 aliphatic heterocycles. The largest absolute Gasteiger partial charge is 0.396 e. The Hall–Kier alpha value is -0.120. The Bertz CT molecular complexity index is 312. The van der Waals surface area contributed by atoms with Gasteiger partial charge >= 0.3 is 0 Å². The van der Waals surface area contributed by atoms with Crippen molar-refractivity contribution in [3.63, 3.8) is 0 Å². The maximum absolute atomic E-state index is 9.14. The van der Waals surface area contributed by atoms with Crippen molar-refractivity contribution < 1.29 is 5.11 Å². The number of hydrogen-bond acceptors (Lipinski definition) is 3. The SMILES string of the molecule is CC(C1CC1)N1CC(CCCO)CC(NC2CCCC2)C1. The number of hydrogen-bond donors (Lipinski definition) is 2. The van der Waals surface area contributed by atoms with Gasteiger partial charge in [0.25, 0.3) is 0 Å². The molecule has 3 unspecified atom stereocenters. The lowest BCUT2D eigenvalue weighted by atomic mass is 9.88. The Balaban J connectivity index is 1.55. The summed E-state index contributed by atoms with van der Waals surface area (Å²) in [6.07, 6.45) is 12.0. The molecule has 2 aliphatic carbocycles. The molecule has 0 aromatic heterocycles. The van der Waals surface area contributed by atoms with Gasteiger partial charge in [-0.05, 0) is 63.7 Å². The van der Waals surface area contributed by atoms with Crippen molar-refractivity contribution >= 4 is 0 Å². The van der Waals surface area contributed by atoms with E-state index in [0.29, 0.717) is 12.6 Å². The van der Waals surface area contributed by atoms with Crippen LogP contribution in [0.2, 0.25) is 0 Å². The average molecular weight is 294 g/mol. The Kier molecular flexibility index (Phi) is 5.58. The van der Waals surface area contributed by atoms with Crippen LogP contribution in [-0.2, 0) is 0 Å². The zero-order chi connectivity index (χ0) is 14.7. The number of rotatable bonds is 7. The normalized spacial score (nSPS) is 33.4. The summed E-state index contributed by atoms with van der Waals surface area (Å²) in [4.78, 5) is 2.76. The standard InChI is InChI=1S/C18H34N2O/c1-14(16-8-9-16)20-12-15(5-4-10-21)11-18(13-20)19-17-6-2-3-7-17/h14-19,21H,2-13H2,1H3. The maximum atomic E-state index is 9.14. The van der Waals surface area contributed by atoms with E-state index in [4.69, 9.17) is 5.11 Å². The van der Waals surface area contributed by atoms with Crippen molar-refractivity contribution in [2.75, 3.05) is 19.7 Å². The summed E-state index contributed by atoms with van der Waals surface area (Å²) in [5.41, 5.74) is 0. The summed E-state index contributed by atoms with van der Waals surface area (Å²) in [6.45, 7) is 5.32. The predicted octanol–water partition coefficient (Wildman–Crippen LogP) is 2.78. The fraction of sp³-hybridized carbons (Fsp3) is 1.00. The molecule has 0 radical (unpaired) electrons. The van der Waals surface area contributed by atoms with E-state index >= 15 is 0 Å². The zero-order valence-corrected chi connectivity index (χ0v) is 13.8. The number of nitrogens with one attached hydrogen (secondary N) is 1. The molecule has 2 N–H and O–H groups in total. The third kappa shape index (κ3) is 4.43. The lowest BCUT2D eigenvalue weighted by molar-refractivity contribution is 0.0837. The van der Waals surface area contributed by atoms with Gasteiger partial charge in [0.1, 0.15) is 0 Å². The number of aliphatic hydroxyl groups excluding tert-OH is 1. The molecule has 3 nitrogen and oxygen atoms in total. The fourth-order valence-corrected chi connectivity index (χ4v) is 4.59. The first-order valence-corrected chi connectivity index (χ1v) is 9.37. The van der Waals surface area contributed by atoms with Crippen LogP contribution in [0.15, 0.2) is 0 Å². The monoisotopic (exact) mass is 294 g/mol. The van der Waals surface area contributed by atoms with E-state index in [2.05, 4.69) is 17.1 Å². The molecule has 3 aliphatic rings. The first-order chi connectivity index (χ1) is 10.3. The minimum absolute atomic E-state index is 0.357. The molecule has 3 atom stereocenters. The van der Waals surface area contributed by atoms with Crippen LogP contribution in [-0.4, -0.2) is 47.8 Å². The van der Waals surface area contributed by atoms with E-state index < -0.39 is 0 Å². The molecule has 1 saturated heterocycles. The molecule has 0 amide bonds. The molecular formula is C18H34N2O. The molecular weight excluding hydrogens is 260 g/mol. The van der Waals surface area contributed by atoms with Crippen LogP contribution in [0.3, 0.4) is 0 Å². The van der Waals surface area contributed by atoms with Crippen LogP contribution >= 0.6 is 0 Å². The van der Waals surface area contributed by atoms with Gasteiger partial charge in [-0.15, -0.1) is 0 Å². The van der Waals surface area contributed by atoms with Gasteiger partial charge in [0.2, 0.25) is 0 Å². The molecule has 0 spiro atoms.